The van der Waals surface area contributed by atoms with Gasteiger partial charge in [-0.05, 0) is 31.6 Å². The highest BCUT2D eigenvalue weighted by molar-refractivity contribution is 7.99. The number of likely N-dealkylation sites (tertiary alicyclic amines) is 1. The van der Waals surface area contributed by atoms with Gasteiger partial charge in [-0.25, -0.2) is 4.79 Å². The van der Waals surface area contributed by atoms with Crippen molar-refractivity contribution in [1.29, 1.82) is 0 Å². The summed E-state index contributed by atoms with van der Waals surface area (Å²) < 4.78 is 0. The van der Waals surface area contributed by atoms with Gasteiger partial charge < -0.3 is 69.5 Å². The number of thiol groups is 2. The Morgan fingerprint density at radius 1 is 0.707 bits per heavy atom. The van der Waals surface area contributed by atoms with Crippen molar-refractivity contribution in [3.8, 4) is 0 Å². The molecule has 0 aromatic rings. The van der Waals surface area contributed by atoms with E-state index in [1.54, 1.807) is 0 Å². The van der Waals surface area contributed by atoms with Crippen LogP contribution in [0.3, 0.4) is 0 Å². The SMILES string of the molecule is NCCCSC[C@H](NC(=O)[C@@H]1CCCN1C(=O)[C@H](CC(N)=O)NC(=O)[C@H](CS)NC(=O)CNC(=O)CN)C(=O)NCC(=O)N[C@@H](CC(=O)O)C(=O)N[C@@H](CS)C(=O)O. The van der Waals surface area contributed by atoms with E-state index in [1.165, 1.54) is 11.8 Å². The lowest BCUT2D eigenvalue weighted by Gasteiger charge is -2.30. The second kappa shape index (κ2) is 26.9. The van der Waals surface area contributed by atoms with E-state index in [9.17, 15) is 57.8 Å². The van der Waals surface area contributed by atoms with Gasteiger partial charge in [-0.1, -0.05) is 0 Å². The number of nitrogens with two attached hydrogens (primary N) is 3. The largest absolute Gasteiger partial charge is 0.481 e. The van der Waals surface area contributed by atoms with Crippen LogP contribution in [0.2, 0.25) is 0 Å². The number of rotatable bonds is 27. The molecule has 1 fully saturated rings. The van der Waals surface area contributed by atoms with E-state index < -0.39 is 127 Å². The van der Waals surface area contributed by atoms with Gasteiger partial charge >= 0.3 is 11.9 Å². The van der Waals surface area contributed by atoms with Crippen LogP contribution in [0.1, 0.15) is 32.1 Å². The zero-order valence-corrected chi connectivity index (χ0v) is 33.8. The Morgan fingerprint density at radius 2 is 1.29 bits per heavy atom. The first-order valence-electron chi connectivity index (χ1n) is 17.7. The van der Waals surface area contributed by atoms with Gasteiger partial charge in [-0.2, -0.15) is 37.0 Å². The molecule has 0 unspecified atom stereocenters. The van der Waals surface area contributed by atoms with Crippen LogP contribution in [-0.4, -0.2) is 172 Å². The lowest BCUT2D eigenvalue weighted by molar-refractivity contribution is -0.143. The topological polar surface area (TPSA) is 394 Å². The fraction of sp³-hybridized carbons (Fsp3) is 0.645. The smallest absolute Gasteiger partial charge is 0.327 e. The molecule has 1 saturated heterocycles. The van der Waals surface area contributed by atoms with Crippen LogP contribution in [0.15, 0.2) is 0 Å². The summed E-state index contributed by atoms with van der Waals surface area (Å²) in [7, 11) is 0. The molecule has 0 radical (unpaired) electrons. The zero-order valence-electron chi connectivity index (χ0n) is 31.2. The average Bonchev–Trinajstić information content (AvgIpc) is 3.67. The van der Waals surface area contributed by atoms with Gasteiger partial charge in [0.25, 0.3) is 0 Å². The second-order valence-corrected chi connectivity index (χ2v) is 14.4. The molecule has 1 aliphatic heterocycles. The summed E-state index contributed by atoms with van der Waals surface area (Å²) in [6.07, 6.45) is -0.647. The summed E-state index contributed by atoms with van der Waals surface area (Å²) in [5.41, 5.74) is 16.1. The molecule has 0 aromatic carbocycles. The standard InChI is InChI=1S/C31H51N11O13S3/c32-4-2-6-58-14-19(26(49)36-11-24(46)37-15(8-25(47)48)27(50)40-18(13-57)31(54)55)41-29(52)20-3-1-5-42(20)30(53)16(7-21(34)43)39-28(51)17(12-56)38-23(45)10-35-22(44)9-33/h15-20,56-57H,1-14,32-33H2,(H2,34,43)(H,35,44)(H,36,49)(H,37,46)(H,38,45)(H,39,51)(H,40,50)(H,41,52)(H,47,48)(H,54,55)/t15-,16-,17-,18-,19-,20-/m0/s1. The van der Waals surface area contributed by atoms with Crippen molar-refractivity contribution in [3.05, 3.63) is 0 Å². The van der Waals surface area contributed by atoms with Crippen LogP contribution in [-0.2, 0) is 52.7 Å². The van der Waals surface area contributed by atoms with E-state index in [1.807, 2.05) is 0 Å². The summed E-state index contributed by atoms with van der Waals surface area (Å²) in [6.45, 7) is -1.35. The minimum absolute atomic E-state index is 0.00417. The predicted molar refractivity (Wildman–Crippen MR) is 212 cm³/mol. The van der Waals surface area contributed by atoms with E-state index in [0.717, 1.165) is 4.90 Å². The molecule has 0 spiro atoms. The molecule has 0 aromatic heterocycles. The molecule has 58 heavy (non-hydrogen) atoms. The number of amides is 9. The molecule has 15 N–H and O–H groups in total. The highest BCUT2D eigenvalue weighted by Gasteiger charge is 2.40. The van der Waals surface area contributed by atoms with Gasteiger partial charge in [-0.3, -0.25) is 47.9 Å². The Morgan fingerprint density at radius 3 is 1.84 bits per heavy atom. The van der Waals surface area contributed by atoms with Crippen molar-refractivity contribution in [3.63, 3.8) is 0 Å². The predicted octanol–water partition coefficient (Wildman–Crippen LogP) is -7.03. The van der Waals surface area contributed by atoms with Gasteiger partial charge in [0, 0.05) is 23.8 Å². The molecule has 1 rings (SSSR count). The minimum Gasteiger partial charge on any atom is -0.481 e. The van der Waals surface area contributed by atoms with E-state index >= 15 is 0 Å². The molecule has 1 heterocycles. The number of carboxylic acid groups (broad SMARTS) is 2. The van der Waals surface area contributed by atoms with E-state index in [2.05, 4.69) is 62.5 Å². The number of hydrogen-bond donors (Lipinski definition) is 14. The van der Waals surface area contributed by atoms with E-state index in [-0.39, 0.29) is 36.8 Å². The van der Waals surface area contributed by atoms with Crippen LogP contribution in [0.5, 0.6) is 0 Å². The van der Waals surface area contributed by atoms with Crippen LogP contribution >= 0.6 is 37.0 Å². The third-order valence-corrected chi connectivity index (χ3v) is 9.86. The minimum atomic E-state index is -1.72. The summed E-state index contributed by atoms with van der Waals surface area (Å²) >= 11 is 9.10. The Labute approximate surface area is 347 Å². The van der Waals surface area contributed by atoms with Gasteiger partial charge in [0.1, 0.15) is 36.3 Å². The first kappa shape index (κ1) is 51.2. The number of hydrogen-bond acceptors (Lipinski definition) is 16. The Kier molecular flexibility index (Phi) is 23.8. The third-order valence-electron chi connectivity index (χ3n) is 7.99. The fourth-order valence-electron chi connectivity index (χ4n) is 5.08. The number of carbonyl (C=O) groups excluding carboxylic acids is 9. The molecule has 24 nitrogen and oxygen atoms in total. The molecule has 326 valence electrons. The first-order chi connectivity index (χ1) is 27.4. The summed E-state index contributed by atoms with van der Waals surface area (Å²) in [4.78, 5) is 138. The van der Waals surface area contributed by atoms with Crippen molar-refractivity contribution < 1.29 is 63.0 Å². The third kappa shape index (κ3) is 18.6. The van der Waals surface area contributed by atoms with Crippen molar-refractivity contribution >= 4 is 102 Å². The number of nitrogens with one attached hydrogen (secondary N) is 7. The van der Waals surface area contributed by atoms with Crippen molar-refractivity contribution in [1.82, 2.24) is 42.1 Å². The van der Waals surface area contributed by atoms with Crippen molar-refractivity contribution in [2.24, 2.45) is 17.2 Å². The summed E-state index contributed by atoms with van der Waals surface area (Å²) in [6, 6.07) is -8.62. The molecular formula is C31H51N11O13S3. The molecule has 6 atom stereocenters. The maximum absolute atomic E-state index is 13.7. The number of carbonyl (C=O) groups is 11. The highest BCUT2D eigenvalue weighted by atomic mass is 32.2. The lowest BCUT2D eigenvalue weighted by atomic mass is 10.1. The molecule has 0 saturated carbocycles. The van der Waals surface area contributed by atoms with Gasteiger partial charge in [0.15, 0.2) is 0 Å². The van der Waals surface area contributed by atoms with Gasteiger partial charge in [0.2, 0.25) is 53.2 Å². The molecule has 27 heteroatoms. The summed E-state index contributed by atoms with van der Waals surface area (Å²) in [5, 5.41) is 34.3. The normalized spacial score (nSPS) is 15.9. The number of nitrogens with zero attached hydrogens (tertiary/aromatic N) is 1. The average molecular weight is 882 g/mol. The van der Waals surface area contributed by atoms with Crippen molar-refractivity contribution in [2.75, 3.05) is 55.7 Å². The monoisotopic (exact) mass is 881 g/mol. The molecule has 9 amide bonds. The number of primary amides is 1. The lowest BCUT2D eigenvalue weighted by Crippen LogP contribution is -2.59. The van der Waals surface area contributed by atoms with Crippen LogP contribution in [0.4, 0.5) is 0 Å². The maximum Gasteiger partial charge on any atom is 0.327 e. The number of aliphatic carboxylic acids is 2. The zero-order chi connectivity index (χ0) is 43.9. The fourth-order valence-corrected chi connectivity index (χ4v) is 6.59. The molecule has 0 bridgehead atoms. The van der Waals surface area contributed by atoms with Gasteiger partial charge in [0.05, 0.1) is 32.5 Å². The quantitative estimate of drug-likeness (QED) is 0.0269. The molecular weight excluding hydrogens is 831 g/mol. The Hall–Kier alpha value is -4.86. The van der Waals surface area contributed by atoms with Crippen LogP contribution < -0.4 is 54.4 Å². The van der Waals surface area contributed by atoms with E-state index in [0.29, 0.717) is 25.1 Å². The highest BCUT2D eigenvalue weighted by Crippen LogP contribution is 2.20. The Balaban J connectivity index is 3.10. The first-order valence-corrected chi connectivity index (χ1v) is 20.1. The summed E-state index contributed by atoms with van der Waals surface area (Å²) in [5.74, 6) is -11.1. The Bertz CT molecular complexity index is 1530. The van der Waals surface area contributed by atoms with Gasteiger partial charge in [-0.15, -0.1) is 0 Å². The number of carboxylic acids is 2. The molecule has 1 aliphatic rings. The maximum atomic E-state index is 13.7. The number of thioether (sulfide) groups is 1. The van der Waals surface area contributed by atoms with Crippen molar-refractivity contribution in [2.45, 2.75) is 68.4 Å². The van der Waals surface area contributed by atoms with Crippen LogP contribution in [0.25, 0.3) is 0 Å². The van der Waals surface area contributed by atoms with Crippen LogP contribution in [0, 0.1) is 0 Å². The van der Waals surface area contributed by atoms with E-state index in [4.69, 9.17) is 22.3 Å². The molecule has 0 aliphatic carbocycles. The second-order valence-electron chi connectivity index (χ2n) is 12.5.